The van der Waals surface area contributed by atoms with Crippen LogP contribution in [0.25, 0.3) is 0 Å². The summed E-state index contributed by atoms with van der Waals surface area (Å²) in [5, 5.41) is 10.5. The highest BCUT2D eigenvalue weighted by molar-refractivity contribution is 5.79. The Morgan fingerprint density at radius 1 is 1.35 bits per heavy atom. The molecule has 1 heterocycles. The molecule has 2 N–H and O–H groups in total. The highest BCUT2D eigenvalue weighted by atomic mass is 19.4. The fourth-order valence-electron chi connectivity index (χ4n) is 1.57. The third-order valence-electron chi connectivity index (χ3n) is 2.37. The summed E-state index contributed by atoms with van der Waals surface area (Å²) < 4.78 is 35.3. The normalized spacial score (nSPS) is 16.8. The number of carboxylic acid groups (broad SMARTS) is 1. The van der Waals surface area contributed by atoms with Crippen LogP contribution in [0.4, 0.5) is 13.2 Å². The quantitative estimate of drug-likeness (QED) is 0.728. The minimum Gasteiger partial charge on any atom is -0.481 e. The van der Waals surface area contributed by atoms with E-state index in [1.165, 1.54) is 4.90 Å². The first-order chi connectivity index (χ1) is 7.78. The van der Waals surface area contributed by atoms with Gasteiger partial charge in [-0.15, -0.1) is 0 Å². The van der Waals surface area contributed by atoms with Crippen molar-refractivity contribution in [1.82, 2.24) is 10.2 Å². The lowest BCUT2D eigenvalue weighted by atomic mass is 9.96. The van der Waals surface area contributed by atoms with E-state index in [1.807, 2.05) is 5.32 Å². The Kier molecular flexibility index (Phi) is 4.33. The van der Waals surface area contributed by atoms with E-state index in [0.29, 0.717) is 13.1 Å². The zero-order valence-corrected chi connectivity index (χ0v) is 8.96. The molecule has 1 rings (SSSR count). The summed E-state index contributed by atoms with van der Waals surface area (Å²) in [7, 11) is 0. The van der Waals surface area contributed by atoms with Crippen molar-refractivity contribution in [2.24, 2.45) is 5.92 Å². The molecular formula is C9H13F3N2O3. The number of amides is 1. The van der Waals surface area contributed by atoms with Gasteiger partial charge in [0, 0.05) is 19.0 Å². The molecule has 0 bridgehead atoms. The highest BCUT2D eigenvalue weighted by Gasteiger charge is 2.32. The summed E-state index contributed by atoms with van der Waals surface area (Å²) >= 11 is 0. The number of nitrogens with one attached hydrogen (secondary N) is 1. The van der Waals surface area contributed by atoms with Gasteiger partial charge >= 0.3 is 12.1 Å². The summed E-state index contributed by atoms with van der Waals surface area (Å²) in [5.74, 6) is -1.45. The maximum atomic E-state index is 11.8. The lowest BCUT2D eigenvalue weighted by molar-refractivity contribution is -0.145. The first-order valence-electron chi connectivity index (χ1n) is 5.05. The van der Waals surface area contributed by atoms with Gasteiger partial charge in [0.1, 0.15) is 0 Å². The zero-order valence-electron chi connectivity index (χ0n) is 8.96. The van der Waals surface area contributed by atoms with Crippen LogP contribution in [0.1, 0.15) is 6.42 Å². The van der Waals surface area contributed by atoms with Crippen LogP contribution in [-0.2, 0) is 9.59 Å². The fourth-order valence-corrected chi connectivity index (χ4v) is 1.57. The Bertz CT molecular complexity index is 300. The van der Waals surface area contributed by atoms with Gasteiger partial charge in [-0.05, 0) is 0 Å². The van der Waals surface area contributed by atoms with Gasteiger partial charge in [-0.25, -0.2) is 0 Å². The van der Waals surface area contributed by atoms with Crippen molar-refractivity contribution in [2.45, 2.75) is 12.6 Å². The van der Waals surface area contributed by atoms with Crippen molar-refractivity contribution >= 4 is 11.9 Å². The first kappa shape index (κ1) is 13.8. The van der Waals surface area contributed by atoms with Crippen LogP contribution in [0.5, 0.6) is 0 Å². The molecule has 0 aromatic heterocycles. The number of hydrogen-bond acceptors (Lipinski definition) is 3. The Labute approximate surface area is 95.6 Å². The maximum absolute atomic E-state index is 11.8. The van der Waals surface area contributed by atoms with Crippen molar-refractivity contribution in [1.29, 1.82) is 0 Å². The molecule has 1 fully saturated rings. The van der Waals surface area contributed by atoms with E-state index >= 15 is 0 Å². The van der Waals surface area contributed by atoms with E-state index < -0.39 is 24.6 Å². The van der Waals surface area contributed by atoms with Gasteiger partial charge in [0.25, 0.3) is 0 Å². The third-order valence-corrected chi connectivity index (χ3v) is 2.37. The number of carboxylic acids is 1. The summed E-state index contributed by atoms with van der Waals surface area (Å²) in [6.07, 6.45) is -4.35. The van der Waals surface area contributed by atoms with Gasteiger partial charge in [0.2, 0.25) is 5.91 Å². The number of carbonyl (C=O) groups excluding carboxylic acids is 1. The zero-order chi connectivity index (χ0) is 13.1. The molecule has 17 heavy (non-hydrogen) atoms. The second kappa shape index (κ2) is 5.35. The lowest BCUT2D eigenvalue weighted by Gasteiger charge is -2.38. The molecule has 1 aliphatic heterocycles. The largest absolute Gasteiger partial charge is 0.481 e. The topological polar surface area (TPSA) is 69.6 Å². The Balaban J connectivity index is 2.13. The molecule has 1 aliphatic rings. The number of nitrogens with zero attached hydrogens (tertiary/aromatic N) is 1. The van der Waals surface area contributed by atoms with Gasteiger partial charge in [-0.2, -0.15) is 13.2 Å². The monoisotopic (exact) mass is 254 g/mol. The van der Waals surface area contributed by atoms with Crippen LogP contribution in [0.3, 0.4) is 0 Å². The number of halogens is 3. The number of carbonyl (C=O) groups is 2. The van der Waals surface area contributed by atoms with Gasteiger partial charge < -0.3 is 15.3 Å². The lowest BCUT2D eigenvalue weighted by Crippen LogP contribution is -2.53. The molecule has 0 unspecified atom stereocenters. The molecule has 0 spiro atoms. The molecule has 8 heteroatoms. The van der Waals surface area contributed by atoms with Gasteiger partial charge in [0.05, 0.1) is 19.5 Å². The summed E-state index contributed by atoms with van der Waals surface area (Å²) in [5.41, 5.74) is 0. The summed E-state index contributed by atoms with van der Waals surface area (Å²) in [6, 6.07) is 0. The molecule has 0 aliphatic carbocycles. The van der Waals surface area contributed by atoms with Crippen LogP contribution in [0, 0.1) is 5.92 Å². The summed E-state index contributed by atoms with van der Waals surface area (Å²) in [6.45, 7) is -0.970. The minimum atomic E-state index is -4.33. The molecule has 1 saturated heterocycles. The fraction of sp³-hybridized carbons (Fsp3) is 0.778. The Hall–Kier alpha value is -1.31. The Morgan fingerprint density at radius 3 is 2.41 bits per heavy atom. The van der Waals surface area contributed by atoms with E-state index in [0.717, 1.165) is 0 Å². The highest BCUT2D eigenvalue weighted by Crippen LogP contribution is 2.18. The van der Waals surface area contributed by atoms with Crippen LogP contribution in [0.15, 0.2) is 0 Å². The van der Waals surface area contributed by atoms with Crippen molar-refractivity contribution in [3.8, 4) is 0 Å². The van der Waals surface area contributed by atoms with E-state index in [2.05, 4.69) is 0 Å². The average Bonchev–Trinajstić information content (AvgIpc) is 2.07. The molecule has 1 amide bonds. The second-order valence-electron chi connectivity index (χ2n) is 3.98. The predicted octanol–water partition coefficient (Wildman–Crippen LogP) is 0.0714. The van der Waals surface area contributed by atoms with Crippen LogP contribution in [-0.4, -0.2) is 54.2 Å². The standard InChI is InChI=1S/C9H13F3N2O3/c10-9(11,12)5-13-2-7(15)14-3-6(4-14)1-8(16)17/h6,13H,1-5H2,(H,16,17). The number of aliphatic carboxylic acids is 1. The second-order valence-corrected chi connectivity index (χ2v) is 3.98. The van der Waals surface area contributed by atoms with Crippen molar-refractivity contribution in [3.63, 3.8) is 0 Å². The molecule has 0 aromatic rings. The molecule has 0 saturated carbocycles. The molecule has 0 aromatic carbocycles. The number of alkyl halides is 3. The van der Waals surface area contributed by atoms with E-state index in [1.54, 1.807) is 0 Å². The van der Waals surface area contributed by atoms with Crippen LogP contribution in [0.2, 0.25) is 0 Å². The molecule has 0 radical (unpaired) electrons. The van der Waals surface area contributed by atoms with E-state index in [9.17, 15) is 22.8 Å². The number of likely N-dealkylation sites (tertiary alicyclic amines) is 1. The van der Waals surface area contributed by atoms with Gasteiger partial charge in [-0.3, -0.25) is 9.59 Å². The average molecular weight is 254 g/mol. The molecule has 0 atom stereocenters. The van der Waals surface area contributed by atoms with E-state index in [4.69, 9.17) is 5.11 Å². The third kappa shape index (κ3) is 5.03. The van der Waals surface area contributed by atoms with Gasteiger partial charge in [-0.1, -0.05) is 0 Å². The van der Waals surface area contributed by atoms with Crippen molar-refractivity contribution in [2.75, 3.05) is 26.2 Å². The SMILES string of the molecule is O=C(O)CC1CN(C(=O)CNCC(F)(F)F)C1. The van der Waals surface area contributed by atoms with Crippen LogP contribution >= 0.6 is 0 Å². The number of hydrogen-bond donors (Lipinski definition) is 2. The molecule has 98 valence electrons. The van der Waals surface area contributed by atoms with Crippen LogP contribution < -0.4 is 5.32 Å². The molecular weight excluding hydrogens is 241 g/mol. The minimum absolute atomic E-state index is 0.0141. The van der Waals surface area contributed by atoms with Crippen molar-refractivity contribution < 1.29 is 27.9 Å². The van der Waals surface area contributed by atoms with Crippen molar-refractivity contribution in [3.05, 3.63) is 0 Å². The summed E-state index contributed by atoms with van der Waals surface area (Å²) in [4.78, 5) is 23.0. The Morgan fingerprint density at radius 2 is 1.94 bits per heavy atom. The first-order valence-corrected chi connectivity index (χ1v) is 5.05. The molecule has 5 nitrogen and oxygen atoms in total. The maximum Gasteiger partial charge on any atom is 0.401 e. The predicted molar refractivity (Wildman–Crippen MR) is 51.2 cm³/mol. The number of rotatable bonds is 5. The smallest absolute Gasteiger partial charge is 0.401 e. The van der Waals surface area contributed by atoms with E-state index in [-0.39, 0.29) is 18.9 Å². The van der Waals surface area contributed by atoms with Gasteiger partial charge in [0.15, 0.2) is 0 Å².